The van der Waals surface area contributed by atoms with Crippen molar-refractivity contribution in [2.75, 3.05) is 11.1 Å². The fourth-order valence-corrected chi connectivity index (χ4v) is 4.11. The van der Waals surface area contributed by atoms with E-state index in [0.717, 1.165) is 6.07 Å². The van der Waals surface area contributed by atoms with Gasteiger partial charge in [0.05, 0.1) is 33.4 Å². The zero-order chi connectivity index (χ0) is 22.5. The Balaban J connectivity index is 0.00000193. The Morgan fingerprint density at radius 1 is 0.879 bits per heavy atom. The Hall–Kier alpha value is -2.02. The van der Waals surface area contributed by atoms with Crippen molar-refractivity contribution in [3.05, 3.63) is 82.4 Å². The summed E-state index contributed by atoms with van der Waals surface area (Å²) in [5.74, 6) is -2.77. The molecule has 0 fully saturated rings. The Kier molecular flexibility index (Phi) is 8.32. The predicted molar refractivity (Wildman–Crippen MR) is 106 cm³/mol. The fourth-order valence-electron chi connectivity index (χ4n) is 3.48. The zero-order valence-electron chi connectivity index (χ0n) is 17.5. The fraction of sp³-hybridized carbons (Fsp3) is 0. The summed E-state index contributed by atoms with van der Waals surface area (Å²) in [6.07, 6.45) is 0. The summed E-state index contributed by atoms with van der Waals surface area (Å²) in [6.45, 7) is 0. The van der Waals surface area contributed by atoms with E-state index in [0.29, 0.717) is 0 Å². The van der Waals surface area contributed by atoms with Crippen molar-refractivity contribution < 1.29 is 91.6 Å². The van der Waals surface area contributed by atoms with Crippen LogP contribution < -0.4 is 75.3 Å². The first kappa shape index (κ1) is 27.2. The second kappa shape index (κ2) is 10.1. The quantitative estimate of drug-likeness (QED) is 0.164. The van der Waals surface area contributed by atoms with E-state index in [2.05, 4.69) is 5.32 Å². The third-order valence-electron chi connectivity index (χ3n) is 4.85. The van der Waals surface area contributed by atoms with Gasteiger partial charge in [-0.3, -0.25) is 9.59 Å². The van der Waals surface area contributed by atoms with Crippen LogP contribution in [0, 0.1) is 0 Å². The predicted octanol–water partition coefficient (Wildman–Crippen LogP) is -4.94. The minimum atomic E-state index is -5.10. The molecule has 0 bridgehead atoms. The maximum Gasteiger partial charge on any atom is 1.00 e. The van der Waals surface area contributed by atoms with Crippen molar-refractivity contribution in [3.8, 4) is 0 Å². The van der Waals surface area contributed by atoms with Gasteiger partial charge in [0.1, 0.15) is 10.1 Å². The van der Waals surface area contributed by atoms with Crippen LogP contribution in [0.1, 0.15) is 42.2 Å². The Morgan fingerprint density at radius 2 is 1.45 bits per heavy atom. The SMILES string of the molecule is Nc1c(S(=O)(=O)[O-])cc(Nc2cccc(C(=O)[O-])c2)c2c1C(=O)c1ccccc1C2=O.[Na+].[Na+]. The van der Waals surface area contributed by atoms with E-state index in [1.54, 1.807) is 6.07 Å². The normalized spacial score (nSPS) is 12.0. The summed E-state index contributed by atoms with van der Waals surface area (Å²) in [4.78, 5) is 36.5. The number of fused-ring (bicyclic) bond motifs is 2. The van der Waals surface area contributed by atoms with Crippen molar-refractivity contribution in [1.29, 1.82) is 0 Å². The molecule has 9 nitrogen and oxygen atoms in total. The van der Waals surface area contributed by atoms with Crippen LogP contribution in [0.3, 0.4) is 0 Å². The average molecular weight is 482 g/mol. The van der Waals surface area contributed by atoms with Gasteiger partial charge in [-0.25, -0.2) is 8.42 Å². The summed E-state index contributed by atoms with van der Waals surface area (Å²) in [6, 6.07) is 12.1. The number of carboxylic acid groups (broad SMARTS) is 1. The summed E-state index contributed by atoms with van der Waals surface area (Å²) >= 11 is 0. The number of rotatable bonds is 4. The first-order valence-corrected chi connectivity index (χ1v) is 10.2. The van der Waals surface area contributed by atoms with Crippen LogP contribution in [0.25, 0.3) is 0 Å². The topological polar surface area (TPSA) is 170 Å². The standard InChI is InChI=1S/C21H14N2O7S.2Na/c22-18-15(31(28,29)30)9-14(23-11-5-3-4-10(8-11)21(26)27)16-17(18)20(25)13-7-2-1-6-12(13)19(16)24;;/h1-9,23H,22H2,(H,26,27)(H,28,29,30);;/q;2*+1/p-2. The van der Waals surface area contributed by atoms with Crippen molar-refractivity contribution in [2.24, 2.45) is 0 Å². The van der Waals surface area contributed by atoms with Crippen LogP contribution in [0.15, 0.2) is 59.5 Å². The molecule has 3 aromatic rings. The van der Waals surface area contributed by atoms with Gasteiger partial charge in [-0.15, -0.1) is 0 Å². The van der Waals surface area contributed by atoms with Gasteiger partial charge in [0.25, 0.3) is 0 Å². The van der Waals surface area contributed by atoms with Gasteiger partial charge in [0, 0.05) is 16.8 Å². The molecular formula is C21H12N2Na2O7S. The summed E-state index contributed by atoms with van der Waals surface area (Å²) < 4.78 is 35.3. The summed E-state index contributed by atoms with van der Waals surface area (Å²) in [5, 5.41) is 13.9. The minimum absolute atomic E-state index is 0. The molecule has 12 heteroatoms. The van der Waals surface area contributed by atoms with Crippen molar-refractivity contribution in [1.82, 2.24) is 0 Å². The number of carbonyl (C=O) groups excluding carboxylic acids is 3. The minimum Gasteiger partial charge on any atom is -0.744 e. The third-order valence-corrected chi connectivity index (χ3v) is 5.72. The number of nitrogens with two attached hydrogens (primary N) is 1. The molecule has 1 aliphatic carbocycles. The number of benzene rings is 3. The van der Waals surface area contributed by atoms with Crippen molar-refractivity contribution in [2.45, 2.75) is 4.90 Å². The molecule has 33 heavy (non-hydrogen) atoms. The molecule has 1 aliphatic rings. The first-order valence-electron chi connectivity index (χ1n) is 8.79. The van der Waals surface area contributed by atoms with Crippen LogP contribution in [0.4, 0.5) is 17.1 Å². The van der Waals surface area contributed by atoms with Crippen LogP contribution in [0.5, 0.6) is 0 Å². The van der Waals surface area contributed by atoms with Gasteiger partial charge in [-0.05, 0) is 23.8 Å². The smallest absolute Gasteiger partial charge is 0.744 e. The van der Waals surface area contributed by atoms with Gasteiger partial charge in [-0.1, -0.05) is 36.4 Å². The van der Waals surface area contributed by atoms with Gasteiger partial charge in [-0.2, -0.15) is 0 Å². The Labute approximate surface area is 232 Å². The van der Waals surface area contributed by atoms with E-state index in [9.17, 15) is 32.5 Å². The third kappa shape index (κ3) is 4.93. The molecule has 156 valence electrons. The molecule has 0 aliphatic heterocycles. The van der Waals surface area contributed by atoms with E-state index >= 15 is 0 Å². The molecule has 0 atom stereocenters. The van der Waals surface area contributed by atoms with Gasteiger partial charge in [0.15, 0.2) is 11.6 Å². The zero-order valence-corrected chi connectivity index (χ0v) is 22.4. The molecule has 3 N–H and O–H groups in total. The number of aromatic carboxylic acids is 1. The molecule has 0 heterocycles. The molecule has 0 amide bonds. The first-order chi connectivity index (χ1) is 14.6. The number of ketones is 2. The molecular weight excluding hydrogens is 470 g/mol. The van der Waals surface area contributed by atoms with Gasteiger partial charge < -0.3 is 25.5 Å². The molecule has 0 spiro atoms. The number of nitrogen functional groups attached to an aromatic ring is 1. The second-order valence-corrected chi connectivity index (χ2v) is 8.09. The molecule has 0 saturated carbocycles. The largest absolute Gasteiger partial charge is 1.00 e. The number of nitrogens with one attached hydrogen (secondary N) is 1. The number of hydrogen-bond donors (Lipinski definition) is 2. The Morgan fingerprint density at radius 3 is 2.00 bits per heavy atom. The maximum absolute atomic E-state index is 13.2. The number of carbonyl (C=O) groups is 3. The molecule has 0 unspecified atom stereocenters. The van der Waals surface area contributed by atoms with Crippen molar-refractivity contribution in [3.63, 3.8) is 0 Å². The second-order valence-electron chi connectivity index (χ2n) is 6.74. The molecule has 0 aromatic heterocycles. The molecule has 0 radical (unpaired) electrons. The van der Waals surface area contributed by atoms with E-state index in [4.69, 9.17) is 5.73 Å². The maximum atomic E-state index is 13.2. The van der Waals surface area contributed by atoms with E-state index in [1.165, 1.54) is 42.5 Å². The molecule has 4 rings (SSSR count). The van der Waals surface area contributed by atoms with Gasteiger partial charge in [0.2, 0.25) is 0 Å². The molecule has 3 aromatic carbocycles. The number of anilines is 3. The van der Waals surface area contributed by atoms with Gasteiger partial charge >= 0.3 is 59.1 Å². The van der Waals surface area contributed by atoms with E-state index in [-0.39, 0.29) is 92.7 Å². The monoisotopic (exact) mass is 482 g/mol. The summed E-state index contributed by atoms with van der Waals surface area (Å²) in [5.41, 5.74) is 4.53. The Bertz CT molecular complexity index is 1420. The molecule has 0 saturated heterocycles. The van der Waals surface area contributed by atoms with Crippen LogP contribution in [-0.4, -0.2) is 30.5 Å². The van der Waals surface area contributed by atoms with Crippen LogP contribution >= 0.6 is 0 Å². The summed E-state index contributed by atoms with van der Waals surface area (Å²) in [7, 11) is -5.10. The average Bonchev–Trinajstić information content (AvgIpc) is 2.72. The van der Waals surface area contributed by atoms with E-state index in [1.807, 2.05) is 0 Å². The van der Waals surface area contributed by atoms with E-state index < -0.39 is 43.8 Å². The van der Waals surface area contributed by atoms with Crippen molar-refractivity contribution >= 4 is 44.7 Å². The van der Waals surface area contributed by atoms with Crippen LogP contribution in [-0.2, 0) is 10.1 Å². The number of hydrogen-bond acceptors (Lipinski definition) is 9. The number of carboxylic acids is 1. The van der Waals surface area contributed by atoms with Crippen LogP contribution in [0.2, 0.25) is 0 Å².